The number of ether oxygens (including phenoxy) is 3. The van der Waals surface area contributed by atoms with Crippen LogP contribution in [0.3, 0.4) is 0 Å². The highest BCUT2D eigenvalue weighted by Crippen LogP contribution is 2.16. The van der Waals surface area contributed by atoms with Crippen molar-refractivity contribution in [3.63, 3.8) is 0 Å². The number of aromatic nitrogens is 2. The van der Waals surface area contributed by atoms with Crippen LogP contribution in [-0.4, -0.2) is 39.1 Å². The van der Waals surface area contributed by atoms with Gasteiger partial charge in [0.05, 0.1) is 19.1 Å². The molecule has 1 aromatic carbocycles. The lowest BCUT2D eigenvalue weighted by molar-refractivity contribution is -0.392. The van der Waals surface area contributed by atoms with Crippen LogP contribution in [0.5, 0.6) is 0 Å². The summed E-state index contributed by atoms with van der Waals surface area (Å²) in [4.78, 5) is 38.1. The molecular formula is C19H23N3O7. The highest BCUT2D eigenvalue weighted by Gasteiger charge is 2.24. The quantitative estimate of drug-likeness (QED) is 0.317. The van der Waals surface area contributed by atoms with Gasteiger partial charge in [-0.25, -0.2) is 9.78 Å². The number of imidazole rings is 1. The average Bonchev–Trinajstić information content (AvgIpc) is 3.08. The number of carbonyl (C=O) groups excluding carboxylic acids is 2. The number of carbonyl (C=O) groups is 2. The maximum Gasteiger partial charge on any atom is 0.348 e. The molecule has 1 atom stereocenters. The second kappa shape index (κ2) is 10.9. The minimum atomic E-state index is -0.639. The normalized spacial score (nSPS) is 11.7. The molecule has 1 aromatic heterocycles. The molecule has 0 unspecified atom stereocenters. The summed E-state index contributed by atoms with van der Waals surface area (Å²) in [6.45, 7) is 3.19. The predicted molar refractivity (Wildman–Crippen MR) is 101 cm³/mol. The molecule has 156 valence electrons. The zero-order chi connectivity index (χ0) is 21.2. The number of esters is 2. The summed E-state index contributed by atoms with van der Waals surface area (Å²) in [5.74, 6) is -1.20. The molecule has 0 saturated heterocycles. The van der Waals surface area contributed by atoms with Crippen LogP contribution in [-0.2, 0) is 43.6 Å². The Morgan fingerprint density at radius 2 is 1.90 bits per heavy atom. The van der Waals surface area contributed by atoms with Gasteiger partial charge in [0.15, 0.2) is 6.54 Å². The first kappa shape index (κ1) is 22.0. The molecule has 29 heavy (non-hydrogen) atoms. The molecule has 0 spiro atoms. The molecule has 0 amide bonds. The minimum absolute atomic E-state index is 0.00745. The smallest absolute Gasteiger partial charge is 0.348 e. The fraction of sp³-hybridized carbons (Fsp3) is 0.421. The van der Waals surface area contributed by atoms with Gasteiger partial charge in [0.2, 0.25) is 5.82 Å². The molecule has 0 aliphatic carbocycles. The van der Waals surface area contributed by atoms with Crippen LogP contribution in [0.25, 0.3) is 0 Å². The summed E-state index contributed by atoms with van der Waals surface area (Å²) in [6.07, 6.45) is 0.551. The fourth-order valence-corrected chi connectivity index (χ4v) is 2.48. The number of nitrogens with zero attached hydrogens (tertiary/aromatic N) is 3. The topological polar surface area (TPSA) is 123 Å². The first-order valence-electron chi connectivity index (χ1n) is 9.06. The van der Waals surface area contributed by atoms with E-state index in [2.05, 4.69) is 4.98 Å². The number of rotatable bonds is 11. The zero-order valence-corrected chi connectivity index (χ0v) is 16.3. The van der Waals surface area contributed by atoms with Crippen LogP contribution < -0.4 is 0 Å². The van der Waals surface area contributed by atoms with Gasteiger partial charge in [-0.05, 0) is 24.3 Å². The van der Waals surface area contributed by atoms with Crippen LogP contribution in [0, 0.1) is 10.1 Å². The second-order valence-electron chi connectivity index (χ2n) is 6.15. The number of benzene rings is 1. The number of hydrogen-bond acceptors (Lipinski definition) is 8. The minimum Gasteiger partial charge on any atom is -0.463 e. The summed E-state index contributed by atoms with van der Waals surface area (Å²) in [5.41, 5.74) is 0.878. The van der Waals surface area contributed by atoms with Crippen molar-refractivity contribution in [2.45, 2.75) is 46.1 Å². The van der Waals surface area contributed by atoms with Crippen molar-refractivity contribution in [2.75, 3.05) is 6.61 Å². The fourth-order valence-electron chi connectivity index (χ4n) is 2.48. The van der Waals surface area contributed by atoms with E-state index in [1.807, 2.05) is 30.3 Å². The van der Waals surface area contributed by atoms with Gasteiger partial charge in [-0.1, -0.05) is 30.3 Å². The number of hydrogen-bond donors (Lipinski definition) is 0. The Labute approximate surface area is 167 Å². The lowest BCUT2D eigenvalue weighted by atomic mass is 10.2. The molecule has 0 N–H and O–H groups in total. The van der Waals surface area contributed by atoms with Crippen molar-refractivity contribution in [1.82, 2.24) is 9.55 Å². The maximum absolute atomic E-state index is 11.9. The molecule has 1 heterocycles. The van der Waals surface area contributed by atoms with Crippen molar-refractivity contribution >= 4 is 17.8 Å². The lowest BCUT2D eigenvalue weighted by Gasteiger charge is -2.12. The van der Waals surface area contributed by atoms with Gasteiger partial charge in [0.25, 0.3) is 0 Å². The van der Waals surface area contributed by atoms with Gasteiger partial charge in [-0.2, -0.15) is 4.57 Å². The molecule has 0 aliphatic heterocycles. The average molecular weight is 405 g/mol. The van der Waals surface area contributed by atoms with Crippen LogP contribution in [0.15, 0.2) is 36.5 Å². The van der Waals surface area contributed by atoms with E-state index in [-0.39, 0.29) is 44.4 Å². The second-order valence-corrected chi connectivity index (χ2v) is 6.15. The summed E-state index contributed by atoms with van der Waals surface area (Å²) in [5, 5.41) is 11.1. The van der Waals surface area contributed by atoms with Crippen molar-refractivity contribution in [2.24, 2.45) is 0 Å². The Balaban J connectivity index is 1.88. The summed E-state index contributed by atoms with van der Waals surface area (Å²) in [7, 11) is 0. The molecule has 0 radical (unpaired) electrons. The zero-order valence-electron chi connectivity index (χ0n) is 16.3. The van der Waals surface area contributed by atoms with E-state index in [9.17, 15) is 19.7 Å². The van der Waals surface area contributed by atoms with Crippen LogP contribution in [0.2, 0.25) is 0 Å². The van der Waals surface area contributed by atoms with E-state index in [0.29, 0.717) is 0 Å². The molecule has 0 fully saturated rings. The van der Waals surface area contributed by atoms with Crippen molar-refractivity contribution in [3.8, 4) is 0 Å². The third kappa shape index (κ3) is 7.00. The predicted octanol–water partition coefficient (Wildman–Crippen LogP) is 2.39. The Morgan fingerprint density at radius 1 is 1.17 bits per heavy atom. The van der Waals surface area contributed by atoms with E-state index >= 15 is 0 Å². The molecule has 10 nitrogen and oxygen atoms in total. The van der Waals surface area contributed by atoms with Crippen molar-refractivity contribution in [1.29, 1.82) is 0 Å². The Morgan fingerprint density at radius 3 is 2.55 bits per heavy atom. The molecular weight excluding hydrogens is 382 g/mol. The SMILES string of the molecule is CCOC(=O)Cn1c([N+](=O)[O-])cnc1CO[C@H](C)CC(=O)OCc1ccccc1. The van der Waals surface area contributed by atoms with E-state index < -0.39 is 23.0 Å². The maximum atomic E-state index is 11.9. The molecule has 0 aliphatic rings. The third-order valence-electron chi connectivity index (χ3n) is 3.89. The van der Waals surface area contributed by atoms with Crippen molar-refractivity contribution in [3.05, 3.63) is 58.0 Å². The number of nitro groups is 1. The molecule has 0 saturated carbocycles. The van der Waals surface area contributed by atoms with Gasteiger partial charge in [-0.15, -0.1) is 0 Å². The van der Waals surface area contributed by atoms with Gasteiger partial charge >= 0.3 is 17.8 Å². The largest absolute Gasteiger partial charge is 0.463 e. The monoisotopic (exact) mass is 405 g/mol. The van der Waals surface area contributed by atoms with Gasteiger partial charge < -0.3 is 24.3 Å². The highest BCUT2D eigenvalue weighted by atomic mass is 16.6. The van der Waals surface area contributed by atoms with Gasteiger partial charge in [0, 0.05) is 0 Å². The van der Waals surface area contributed by atoms with Crippen molar-refractivity contribution < 1.29 is 28.7 Å². The van der Waals surface area contributed by atoms with Crippen LogP contribution >= 0.6 is 0 Å². The molecule has 2 aromatic rings. The highest BCUT2D eigenvalue weighted by molar-refractivity contribution is 5.70. The van der Waals surface area contributed by atoms with Gasteiger partial charge in [-0.3, -0.25) is 4.79 Å². The Hall–Kier alpha value is -3.27. The Bertz CT molecular complexity index is 836. The molecule has 2 rings (SSSR count). The van der Waals surface area contributed by atoms with E-state index in [4.69, 9.17) is 14.2 Å². The van der Waals surface area contributed by atoms with Crippen LogP contribution in [0.1, 0.15) is 31.7 Å². The Kier molecular flexibility index (Phi) is 8.28. The first-order valence-corrected chi connectivity index (χ1v) is 9.06. The summed E-state index contributed by atoms with van der Waals surface area (Å²) >= 11 is 0. The van der Waals surface area contributed by atoms with E-state index in [1.165, 1.54) is 0 Å². The first-order chi connectivity index (χ1) is 13.9. The van der Waals surface area contributed by atoms with E-state index in [1.54, 1.807) is 13.8 Å². The van der Waals surface area contributed by atoms with E-state index in [0.717, 1.165) is 16.3 Å². The van der Waals surface area contributed by atoms with Crippen LogP contribution in [0.4, 0.5) is 5.82 Å². The van der Waals surface area contributed by atoms with Gasteiger partial charge in [0.1, 0.15) is 19.4 Å². The lowest BCUT2D eigenvalue weighted by Crippen LogP contribution is -2.20. The third-order valence-corrected chi connectivity index (χ3v) is 3.89. The summed E-state index contributed by atoms with van der Waals surface area (Å²) in [6, 6.07) is 9.28. The molecule has 0 bridgehead atoms. The standard InChI is InChI=1S/C19H23N3O7/c1-3-27-19(24)11-21-16(20-10-17(21)22(25)26)13-28-14(2)9-18(23)29-12-15-7-5-4-6-8-15/h4-8,10,14H,3,9,11-13H2,1-2H3/t14-/m1/s1. The molecule has 10 heteroatoms. The summed E-state index contributed by atoms with van der Waals surface area (Å²) < 4.78 is 16.7.